The average Bonchev–Trinajstić information content (AvgIpc) is 3.07. The summed E-state index contributed by atoms with van der Waals surface area (Å²) < 4.78 is 23.0. The first-order valence-electron chi connectivity index (χ1n) is 16.7. The number of phenols is 2. The fourth-order valence-corrected chi connectivity index (χ4v) is 7.41. The number of ether oxygens (including phenoxy) is 4. The molecule has 1 fully saturated rings. The van der Waals surface area contributed by atoms with Gasteiger partial charge in [0, 0.05) is 36.0 Å². The molecule has 14 nitrogen and oxygen atoms in total. The lowest BCUT2D eigenvalue weighted by molar-refractivity contribution is -0.249. The van der Waals surface area contributed by atoms with Crippen molar-refractivity contribution in [3.63, 3.8) is 0 Å². The number of carbonyl (C=O) groups excluding carboxylic acids is 4. The maximum atomic E-state index is 13.9. The monoisotopic (exact) mass is 695 g/mol. The molecule has 268 valence electrons. The molecule has 2 unspecified atom stereocenters. The summed E-state index contributed by atoms with van der Waals surface area (Å²) in [5.41, 5.74) is -3.93. The van der Waals surface area contributed by atoms with Crippen LogP contribution in [0.25, 0.3) is 0 Å². The minimum atomic E-state index is -2.32. The van der Waals surface area contributed by atoms with Crippen molar-refractivity contribution in [2.24, 2.45) is 0 Å². The van der Waals surface area contributed by atoms with Crippen molar-refractivity contribution in [3.05, 3.63) is 63.7 Å². The number of phenolic OH excluding ortho intramolecular Hbond substituents is 2. The minimum Gasteiger partial charge on any atom is -0.507 e. The lowest BCUT2D eigenvalue weighted by Crippen LogP contribution is -2.56. The standard InChI is InChI=1S/C36H41NO13/c1-17-30(40)21(37-35(45)49-18-9-6-4-3-5-7-10-18)13-25(48-17)50-23-15-36(46,24(39)16-38)14-20-27(23)34(44)29-28(32(20)42)31(41)19-11-8-12-22(47-2)26(19)33(29)43/h6,8-9,11-12,17-18,21,23,25,30,38,40,42,44,46H,3-5,7,10,13-16H2,1-2H3,(H,37,45)/b9-6+/t17-,18?,21-,23-,25-,30?,36-/m0/s1. The predicted molar refractivity (Wildman–Crippen MR) is 173 cm³/mol. The number of fused-ring (bicyclic) bond motifs is 3. The molecule has 4 aliphatic rings. The second-order valence-electron chi connectivity index (χ2n) is 13.3. The van der Waals surface area contributed by atoms with Crippen LogP contribution in [0.3, 0.4) is 0 Å². The van der Waals surface area contributed by atoms with E-state index in [1.807, 2.05) is 12.2 Å². The van der Waals surface area contributed by atoms with E-state index in [1.165, 1.54) is 25.3 Å². The summed E-state index contributed by atoms with van der Waals surface area (Å²) in [5, 5.41) is 58.1. The summed E-state index contributed by atoms with van der Waals surface area (Å²) in [6.45, 7) is 0.487. The number of carbonyl (C=O) groups is 4. The van der Waals surface area contributed by atoms with Gasteiger partial charge in [-0.15, -0.1) is 0 Å². The first-order chi connectivity index (χ1) is 23.9. The van der Waals surface area contributed by atoms with Crippen molar-refractivity contribution in [2.75, 3.05) is 13.7 Å². The number of hydrogen-bond acceptors (Lipinski definition) is 13. The van der Waals surface area contributed by atoms with Crippen LogP contribution in [0.15, 0.2) is 30.4 Å². The van der Waals surface area contributed by atoms with Gasteiger partial charge in [-0.25, -0.2) is 4.79 Å². The average molecular weight is 696 g/mol. The van der Waals surface area contributed by atoms with Crippen molar-refractivity contribution in [1.82, 2.24) is 5.32 Å². The van der Waals surface area contributed by atoms with Crippen molar-refractivity contribution in [3.8, 4) is 17.2 Å². The fourth-order valence-electron chi connectivity index (χ4n) is 7.41. The summed E-state index contributed by atoms with van der Waals surface area (Å²) in [6, 6.07) is 3.41. The van der Waals surface area contributed by atoms with Gasteiger partial charge in [-0.3, -0.25) is 14.4 Å². The third kappa shape index (κ3) is 6.37. The van der Waals surface area contributed by atoms with Crippen LogP contribution in [0.4, 0.5) is 4.79 Å². The van der Waals surface area contributed by atoms with Crippen molar-refractivity contribution >= 4 is 23.4 Å². The molecule has 7 atom stereocenters. The van der Waals surface area contributed by atoms with Gasteiger partial charge in [0.2, 0.25) is 5.78 Å². The molecule has 0 aromatic heterocycles. The largest absolute Gasteiger partial charge is 0.507 e. The van der Waals surface area contributed by atoms with Crippen LogP contribution in [0.2, 0.25) is 0 Å². The van der Waals surface area contributed by atoms with Gasteiger partial charge in [0.05, 0.1) is 42.0 Å². The van der Waals surface area contributed by atoms with Gasteiger partial charge in [-0.1, -0.05) is 24.6 Å². The number of methoxy groups -OCH3 is 1. The van der Waals surface area contributed by atoms with E-state index in [-0.39, 0.29) is 34.4 Å². The Hall–Kier alpha value is -4.34. The van der Waals surface area contributed by atoms with Gasteiger partial charge in [0.25, 0.3) is 0 Å². The van der Waals surface area contributed by atoms with Gasteiger partial charge < -0.3 is 49.8 Å². The number of aromatic hydroxyl groups is 2. The Kier molecular flexibility index (Phi) is 10.0. The van der Waals surface area contributed by atoms with Crippen molar-refractivity contribution in [1.29, 1.82) is 0 Å². The molecule has 0 bridgehead atoms. The van der Waals surface area contributed by atoms with Gasteiger partial charge in [0.1, 0.15) is 41.7 Å². The third-order valence-electron chi connectivity index (χ3n) is 10.0. The summed E-state index contributed by atoms with van der Waals surface area (Å²) >= 11 is 0. The number of hydrogen-bond donors (Lipinski definition) is 6. The topological polar surface area (TPSA) is 218 Å². The maximum Gasteiger partial charge on any atom is 0.408 e. The Morgan fingerprint density at radius 1 is 1.06 bits per heavy atom. The number of allylic oxidation sites excluding steroid dienone is 1. The molecule has 0 radical (unpaired) electrons. The Balaban J connectivity index is 1.33. The Morgan fingerprint density at radius 3 is 2.56 bits per heavy atom. The smallest absolute Gasteiger partial charge is 0.408 e. The van der Waals surface area contributed by atoms with E-state index in [0.717, 1.165) is 25.7 Å². The molecule has 2 aromatic rings. The van der Waals surface area contributed by atoms with E-state index in [0.29, 0.717) is 6.42 Å². The third-order valence-corrected chi connectivity index (χ3v) is 10.0. The highest BCUT2D eigenvalue weighted by Gasteiger charge is 2.50. The van der Waals surface area contributed by atoms with Crippen molar-refractivity contribution < 1.29 is 63.7 Å². The Labute approximate surface area is 287 Å². The Morgan fingerprint density at radius 2 is 1.82 bits per heavy atom. The highest BCUT2D eigenvalue weighted by atomic mass is 16.7. The highest BCUT2D eigenvalue weighted by molar-refractivity contribution is 6.31. The molecule has 14 heteroatoms. The molecule has 6 N–H and O–H groups in total. The normalized spacial score (nSPS) is 29.8. The maximum absolute atomic E-state index is 13.9. The van der Waals surface area contributed by atoms with E-state index in [2.05, 4.69) is 5.32 Å². The van der Waals surface area contributed by atoms with Crippen LogP contribution in [0.1, 0.15) is 101 Å². The van der Waals surface area contributed by atoms with Crippen LogP contribution in [-0.4, -0.2) is 98.9 Å². The van der Waals surface area contributed by atoms with Crippen LogP contribution in [0.5, 0.6) is 17.2 Å². The van der Waals surface area contributed by atoms with E-state index >= 15 is 0 Å². The van der Waals surface area contributed by atoms with Gasteiger partial charge in [-0.2, -0.15) is 0 Å². The molecule has 50 heavy (non-hydrogen) atoms. The second-order valence-corrected chi connectivity index (χ2v) is 13.3. The molecule has 0 saturated carbocycles. The molecule has 2 aromatic carbocycles. The van der Waals surface area contributed by atoms with Crippen molar-refractivity contribution in [2.45, 2.75) is 101 Å². The van der Waals surface area contributed by atoms with Gasteiger partial charge in [0.15, 0.2) is 17.9 Å². The molecular formula is C36H41NO13. The zero-order valence-electron chi connectivity index (χ0n) is 27.7. The molecule has 1 aliphatic heterocycles. The van der Waals surface area contributed by atoms with Crippen LogP contribution < -0.4 is 10.1 Å². The summed E-state index contributed by atoms with van der Waals surface area (Å²) in [6.07, 6.45) is 1.13. The van der Waals surface area contributed by atoms with Crippen LogP contribution in [0, 0.1) is 0 Å². The number of benzene rings is 2. The number of nitrogens with one attached hydrogen (secondary N) is 1. The second kappa shape index (κ2) is 14.1. The number of amides is 1. The van der Waals surface area contributed by atoms with Gasteiger partial charge in [-0.05, 0) is 44.7 Å². The SMILES string of the molecule is COc1cccc2c1C(=O)c1c(O)c3c(c(O)c1C2=O)C[C@@](O)(C(=O)CO)C[C@@H]3O[C@H]1C[C@H](NC(=O)OC2/C=C/CCCCC2)C(O)[C@H](C)O1. The van der Waals surface area contributed by atoms with E-state index < -0.39 is 108 Å². The Bertz CT molecular complexity index is 1740. The van der Waals surface area contributed by atoms with Crippen LogP contribution in [-0.2, 0) is 25.4 Å². The zero-order chi connectivity index (χ0) is 35.9. The quantitative estimate of drug-likeness (QED) is 0.155. The molecule has 0 spiro atoms. The molecule has 1 saturated heterocycles. The van der Waals surface area contributed by atoms with Crippen LogP contribution >= 0.6 is 0 Å². The van der Waals surface area contributed by atoms with E-state index in [4.69, 9.17) is 18.9 Å². The van der Waals surface area contributed by atoms with E-state index in [9.17, 15) is 44.7 Å². The number of Topliss-reactive ketones (excluding diaryl/α,β-unsaturated/α-hetero) is 1. The summed E-state index contributed by atoms with van der Waals surface area (Å²) in [4.78, 5) is 53.4. The zero-order valence-corrected chi connectivity index (χ0v) is 27.7. The van der Waals surface area contributed by atoms with E-state index in [1.54, 1.807) is 6.92 Å². The molecule has 1 heterocycles. The first kappa shape index (κ1) is 35.5. The predicted octanol–water partition coefficient (Wildman–Crippen LogP) is 2.66. The van der Waals surface area contributed by atoms with Gasteiger partial charge >= 0.3 is 6.09 Å². The minimum absolute atomic E-state index is 0.0737. The summed E-state index contributed by atoms with van der Waals surface area (Å²) in [7, 11) is 1.31. The summed E-state index contributed by atoms with van der Waals surface area (Å²) in [5.74, 6) is -3.98. The lowest BCUT2D eigenvalue weighted by atomic mass is 9.72. The molecule has 3 aliphatic carbocycles. The lowest BCUT2D eigenvalue weighted by Gasteiger charge is -2.42. The number of rotatable bonds is 7. The molecular weight excluding hydrogens is 654 g/mol. The molecule has 1 amide bonds. The first-order valence-corrected chi connectivity index (χ1v) is 16.7. The molecule has 6 rings (SSSR count). The highest BCUT2D eigenvalue weighted by Crippen LogP contribution is 2.52. The number of ketones is 3. The number of aliphatic hydroxyl groups excluding tert-OH is 2. The number of alkyl carbamates (subject to hydrolysis) is 1. The fraction of sp³-hybridized carbons (Fsp3) is 0.500. The number of aliphatic hydroxyl groups is 3.